The van der Waals surface area contributed by atoms with Crippen LogP contribution < -0.4 is 10.2 Å². The van der Waals surface area contributed by atoms with Gasteiger partial charge in [0.1, 0.15) is 0 Å². The van der Waals surface area contributed by atoms with Gasteiger partial charge in [0.05, 0.1) is 0 Å². The number of rotatable bonds is 7. The van der Waals surface area contributed by atoms with E-state index in [1.54, 1.807) is 0 Å². The SMILES string of the molecule is CCCNCc1ccccc1N1CCC(CCC)C1. The van der Waals surface area contributed by atoms with E-state index < -0.39 is 0 Å². The molecule has 0 radical (unpaired) electrons. The molecule has 1 heterocycles. The number of nitrogens with zero attached hydrogens (tertiary/aromatic N) is 1. The standard InChI is InChI=1S/C17H28N2/c1-3-7-15-10-12-19(14-15)17-9-6-5-8-16(17)13-18-11-4-2/h5-6,8-9,15,18H,3-4,7,10-14H2,1-2H3. The Morgan fingerprint density at radius 2 is 2.05 bits per heavy atom. The summed E-state index contributed by atoms with van der Waals surface area (Å²) in [6.45, 7) is 9.10. The third-order valence-electron chi connectivity index (χ3n) is 4.06. The van der Waals surface area contributed by atoms with Crippen LogP contribution in [0.4, 0.5) is 5.69 Å². The molecule has 1 N–H and O–H groups in total. The Kier molecular flexibility index (Phi) is 5.71. The summed E-state index contributed by atoms with van der Waals surface area (Å²) in [5.74, 6) is 0.904. The number of nitrogens with one attached hydrogen (secondary N) is 1. The number of anilines is 1. The normalized spacial score (nSPS) is 19.1. The molecule has 1 aliphatic heterocycles. The Morgan fingerprint density at radius 1 is 1.21 bits per heavy atom. The van der Waals surface area contributed by atoms with Gasteiger partial charge in [-0.2, -0.15) is 0 Å². The fraction of sp³-hybridized carbons (Fsp3) is 0.647. The van der Waals surface area contributed by atoms with Crippen molar-refractivity contribution in [3.8, 4) is 0 Å². The van der Waals surface area contributed by atoms with Crippen LogP contribution in [0.5, 0.6) is 0 Å². The summed E-state index contributed by atoms with van der Waals surface area (Å²) in [5, 5.41) is 3.52. The molecule has 1 saturated heterocycles. The average molecular weight is 260 g/mol. The van der Waals surface area contributed by atoms with E-state index in [0.29, 0.717) is 0 Å². The first-order chi connectivity index (χ1) is 9.35. The molecular weight excluding hydrogens is 232 g/mol. The molecule has 2 rings (SSSR count). The second-order valence-electron chi connectivity index (χ2n) is 5.69. The molecular formula is C17H28N2. The molecule has 0 spiro atoms. The lowest BCUT2D eigenvalue weighted by Crippen LogP contribution is -2.23. The van der Waals surface area contributed by atoms with Gasteiger partial charge in [-0.25, -0.2) is 0 Å². The first-order valence-corrected chi connectivity index (χ1v) is 7.88. The topological polar surface area (TPSA) is 15.3 Å². The molecule has 106 valence electrons. The molecule has 0 aromatic heterocycles. The van der Waals surface area contributed by atoms with Gasteiger partial charge >= 0.3 is 0 Å². The highest BCUT2D eigenvalue weighted by molar-refractivity contribution is 5.54. The second kappa shape index (κ2) is 7.54. The molecule has 1 aromatic rings. The maximum Gasteiger partial charge on any atom is 0.0411 e. The lowest BCUT2D eigenvalue weighted by Gasteiger charge is -2.22. The maximum atomic E-state index is 3.52. The summed E-state index contributed by atoms with van der Waals surface area (Å²) in [6.07, 6.45) is 5.26. The number of hydrogen-bond acceptors (Lipinski definition) is 2. The highest BCUT2D eigenvalue weighted by atomic mass is 15.2. The van der Waals surface area contributed by atoms with Crippen LogP contribution in [0.1, 0.15) is 45.1 Å². The van der Waals surface area contributed by atoms with Crippen molar-refractivity contribution in [2.45, 2.75) is 46.1 Å². The van der Waals surface area contributed by atoms with Crippen molar-refractivity contribution in [2.75, 3.05) is 24.5 Å². The number of benzene rings is 1. The van der Waals surface area contributed by atoms with E-state index in [1.807, 2.05) is 0 Å². The van der Waals surface area contributed by atoms with E-state index in [1.165, 1.54) is 50.0 Å². The van der Waals surface area contributed by atoms with E-state index >= 15 is 0 Å². The van der Waals surface area contributed by atoms with Crippen molar-refractivity contribution < 1.29 is 0 Å². The Hall–Kier alpha value is -1.02. The Bertz CT molecular complexity index is 375. The maximum absolute atomic E-state index is 3.52. The number of para-hydroxylation sites is 1. The Morgan fingerprint density at radius 3 is 2.84 bits per heavy atom. The monoisotopic (exact) mass is 260 g/mol. The zero-order valence-corrected chi connectivity index (χ0v) is 12.5. The largest absolute Gasteiger partial charge is 0.371 e. The van der Waals surface area contributed by atoms with Gasteiger partial charge in [-0.1, -0.05) is 38.5 Å². The predicted molar refractivity (Wildman–Crippen MR) is 83.7 cm³/mol. The van der Waals surface area contributed by atoms with Gasteiger partial charge in [-0.05, 0) is 43.4 Å². The molecule has 1 aromatic carbocycles. The molecule has 19 heavy (non-hydrogen) atoms. The van der Waals surface area contributed by atoms with E-state index in [4.69, 9.17) is 0 Å². The van der Waals surface area contributed by atoms with Gasteiger partial charge in [0.25, 0.3) is 0 Å². The highest BCUT2D eigenvalue weighted by Crippen LogP contribution is 2.28. The average Bonchev–Trinajstić information content (AvgIpc) is 2.89. The van der Waals surface area contributed by atoms with Crippen LogP contribution in [0.3, 0.4) is 0 Å². The Labute approximate surface area is 118 Å². The molecule has 0 bridgehead atoms. The van der Waals surface area contributed by atoms with Crippen molar-refractivity contribution in [3.05, 3.63) is 29.8 Å². The summed E-state index contributed by atoms with van der Waals surface area (Å²) in [6, 6.07) is 8.89. The molecule has 2 heteroatoms. The summed E-state index contributed by atoms with van der Waals surface area (Å²) in [7, 11) is 0. The van der Waals surface area contributed by atoms with Crippen LogP contribution in [-0.2, 0) is 6.54 Å². The van der Waals surface area contributed by atoms with Gasteiger partial charge in [-0.15, -0.1) is 0 Å². The Balaban J connectivity index is 1.99. The van der Waals surface area contributed by atoms with Crippen molar-refractivity contribution in [2.24, 2.45) is 5.92 Å². The first-order valence-electron chi connectivity index (χ1n) is 7.88. The van der Waals surface area contributed by atoms with Crippen LogP contribution in [0.25, 0.3) is 0 Å². The molecule has 0 aliphatic carbocycles. The zero-order chi connectivity index (χ0) is 13.5. The van der Waals surface area contributed by atoms with Crippen LogP contribution in [0.2, 0.25) is 0 Å². The molecule has 1 atom stereocenters. The summed E-state index contributed by atoms with van der Waals surface area (Å²) in [5.41, 5.74) is 2.90. The highest BCUT2D eigenvalue weighted by Gasteiger charge is 2.23. The minimum absolute atomic E-state index is 0.904. The van der Waals surface area contributed by atoms with Gasteiger partial charge in [0.15, 0.2) is 0 Å². The van der Waals surface area contributed by atoms with E-state index in [9.17, 15) is 0 Å². The first kappa shape index (κ1) is 14.4. The van der Waals surface area contributed by atoms with E-state index in [2.05, 4.69) is 48.3 Å². The molecule has 0 saturated carbocycles. The molecule has 2 nitrogen and oxygen atoms in total. The van der Waals surface area contributed by atoms with E-state index in [0.717, 1.165) is 19.0 Å². The van der Waals surface area contributed by atoms with Crippen LogP contribution in [0.15, 0.2) is 24.3 Å². The minimum atomic E-state index is 0.904. The van der Waals surface area contributed by atoms with Crippen LogP contribution in [-0.4, -0.2) is 19.6 Å². The molecule has 1 unspecified atom stereocenters. The lowest BCUT2D eigenvalue weighted by atomic mass is 10.0. The van der Waals surface area contributed by atoms with Crippen molar-refractivity contribution in [1.82, 2.24) is 5.32 Å². The second-order valence-corrected chi connectivity index (χ2v) is 5.69. The summed E-state index contributed by atoms with van der Waals surface area (Å²) in [4.78, 5) is 2.59. The van der Waals surface area contributed by atoms with Crippen LogP contribution >= 0.6 is 0 Å². The van der Waals surface area contributed by atoms with Gasteiger partial charge in [0, 0.05) is 25.3 Å². The third-order valence-corrected chi connectivity index (χ3v) is 4.06. The molecule has 1 fully saturated rings. The molecule has 1 aliphatic rings. The molecule has 0 amide bonds. The fourth-order valence-electron chi connectivity index (χ4n) is 3.06. The third kappa shape index (κ3) is 3.97. The smallest absolute Gasteiger partial charge is 0.0411 e. The zero-order valence-electron chi connectivity index (χ0n) is 12.5. The van der Waals surface area contributed by atoms with Crippen LogP contribution in [0, 0.1) is 5.92 Å². The van der Waals surface area contributed by atoms with E-state index in [-0.39, 0.29) is 0 Å². The minimum Gasteiger partial charge on any atom is -0.371 e. The number of hydrogen-bond donors (Lipinski definition) is 1. The summed E-state index contributed by atoms with van der Waals surface area (Å²) >= 11 is 0. The van der Waals surface area contributed by atoms with Crippen molar-refractivity contribution in [3.63, 3.8) is 0 Å². The lowest BCUT2D eigenvalue weighted by molar-refractivity contribution is 0.529. The predicted octanol–water partition coefficient (Wildman–Crippen LogP) is 3.81. The fourth-order valence-corrected chi connectivity index (χ4v) is 3.06. The van der Waals surface area contributed by atoms with Crippen molar-refractivity contribution >= 4 is 5.69 Å². The summed E-state index contributed by atoms with van der Waals surface area (Å²) < 4.78 is 0. The van der Waals surface area contributed by atoms with Gasteiger partial charge in [-0.3, -0.25) is 0 Å². The van der Waals surface area contributed by atoms with Gasteiger partial charge < -0.3 is 10.2 Å². The quantitative estimate of drug-likeness (QED) is 0.750. The van der Waals surface area contributed by atoms with Crippen molar-refractivity contribution in [1.29, 1.82) is 0 Å². The van der Waals surface area contributed by atoms with Gasteiger partial charge in [0.2, 0.25) is 0 Å².